The van der Waals surface area contributed by atoms with E-state index in [-0.39, 0.29) is 11.5 Å². The van der Waals surface area contributed by atoms with E-state index >= 15 is 0 Å². The standard InChI is InChI=1S/C28H24ClN3O3S/c1-17-11-12-20(13-18(17)2)32-27(34)25(15-19-7-6-8-21(14-19)35-3)36-28(32)22(16-30)26(33)31-24-10-5-4-9-23(24)29/h4-14,25H,15H2,1-3H3,(H,31,33)/b28-22+/t25-/m1/s1. The summed E-state index contributed by atoms with van der Waals surface area (Å²) in [6.07, 6.45) is 0.413. The second-order valence-electron chi connectivity index (χ2n) is 8.33. The number of hydrogen-bond acceptors (Lipinski definition) is 5. The molecule has 0 radical (unpaired) electrons. The third-order valence-corrected chi connectivity index (χ3v) is 7.52. The number of halogens is 1. The topological polar surface area (TPSA) is 82.4 Å². The molecule has 0 spiro atoms. The number of hydrogen-bond donors (Lipinski definition) is 1. The molecule has 0 aromatic heterocycles. The van der Waals surface area contributed by atoms with Crippen molar-refractivity contribution < 1.29 is 14.3 Å². The van der Waals surface area contributed by atoms with Crippen LogP contribution in [-0.2, 0) is 16.0 Å². The van der Waals surface area contributed by atoms with Crippen molar-refractivity contribution in [2.75, 3.05) is 17.3 Å². The van der Waals surface area contributed by atoms with Crippen molar-refractivity contribution in [1.29, 1.82) is 5.26 Å². The molecule has 0 saturated carbocycles. The van der Waals surface area contributed by atoms with E-state index in [9.17, 15) is 14.9 Å². The maximum Gasteiger partial charge on any atom is 0.269 e. The van der Waals surface area contributed by atoms with Crippen LogP contribution >= 0.6 is 23.4 Å². The van der Waals surface area contributed by atoms with Gasteiger partial charge in [0.25, 0.3) is 5.91 Å². The summed E-state index contributed by atoms with van der Waals surface area (Å²) in [6.45, 7) is 3.94. The molecule has 1 atom stereocenters. The Morgan fingerprint density at radius 1 is 1.11 bits per heavy atom. The van der Waals surface area contributed by atoms with Gasteiger partial charge in [-0.25, -0.2) is 0 Å². The molecule has 1 N–H and O–H groups in total. The van der Waals surface area contributed by atoms with Crippen LogP contribution in [0, 0.1) is 25.2 Å². The first kappa shape index (κ1) is 25.4. The van der Waals surface area contributed by atoms with Crippen LogP contribution in [0.25, 0.3) is 0 Å². The second-order valence-corrected chi connectivity index (χ2v) is 9.93. The minimum absolute atomic E-state index is 0.153. The lowest BCUT2D eigenvalue weighted by Crippen LogP contribution is -2.31. The number of anilines is 2. The van der Waals surface area contributed by atoms with Gasteiger partial charge >= 0.3 is 0 Å². The molecule has 1 heterocycles. The number of carbonyl (C=O) groups excluding carboxylic acids is 2. The van der Waals surface area contributed by atoms with Crippen LogP contribution in [0.4, 0.5) is 11.4 Å². The van der Waals surface area contributed by atoms with Crippen molar-refractivity contribution in [3.05, 3.63) is 99.0 Å². The van der Waals surface area contributed by atoms with Crippen LogP contribution in [0.1, 0.15) is 16.7 Å². The zero-order valence-corrected chi connectivity index (χ0v) is 21.6. The molecule has 0 unspecified atom stereocenters. The molecule has 6 nitrogen and oxygen atoms in total. The molecule has 1 saturated heterocycles. The van der Waals surface area contributed by atoms with Crippen LogP contribution < -0.4 is 15.0 Å². The molecule has 1 fully saturated rings. The van der Waals surface area contributed by atoms with Crippen LogP contribution in [0.3, 0.4) is 0 Å². The zero-order valence-electron chi connectivity index (χ0n) is 20.0. The molecule has 36 heavy (non-hydrogen) atoms. The summed E-state index contributed by atoms with van der Waals surface area (Å²) in [7, 11) is 1.59. The summed E-state index contributed by atoms with van der Waals surface area (Å²) >= 11 is 7.42. The summed E-state index contributed by atoms with van der Waals surface area (Å²) < 4.78 is 5.32. The molecule has 2 amide bonds. The first-order chi connectivity index (χ1) is 17.3. The Kier molecular flexibility index (Phi) is 7.68. The Bertz CT molecular complexity index is 1410. The number of rotatable bonds is 6. The van der Waals surface area contributed by atoms with Crippen molar-refractivity contribution in [3.8, 4) is 11.8 Å². The van der Waals surface area contributed by atoms with Gasteiger partial charge in [0.1, 0.15) is 22.4 Å². The molecule has 1 aliphatic heterocycles. The average molecular weight is 518 g/mol. The number of nitrogens with zero attached hydrogens (tertiary/aromatic N) is 2. The SMILES string of the molecule is COc1cccc(C[C@H]2S/C(=C(\C#N)C(=O)Nc3ccccc3Cl)N(c3ccc(C)c(C)c3)C2=O)c1. The highest BCUT2D eigenvalue weighted by Crippen LogP contribution is 2.42. The van der Waals surface area contributed by atoms with E-state index in [0.717, 1.165) is 16.7 Å². The average Bonchev–Trinajstić information content (AvgIpc) is 3.18. The van der Waals surface area contributed by atoms with Gasteiger partial charge in [-0.2, -0.15) is 5.26 Å². The van der Waals surface area contributed by atoms with E-state index in [0.29, 0.717) is 33.6 Å². The highest BCUT2D eigenvalue weighted by atomic mass is 35.5. The molecule has 1 aliphatic rings. The fraction of sp³-hybridized carbons (Fsp3) is 0.179. The number of para-hydroxylation sites is 1. The van der Waals surface area contributed by atoms with Gasteiger partial charge in [0.05, 0.1) is 23.1 Å². The normalized spacial score (nSPS) is 16.5. The predicted octanol–water partition coefficient (Wildman–Crippen LogP) is 6.03. The molecule has 3 aromatic carbocycles. The summed E-state index contributed by atoms with van der Waals surface area (Å²) in [5, 5.41) is 12.9. The van der Waals surface area contributed by atoms with Crippen molar-refractivity contribution in [2.24, 2.45) is 0 Å². The number of amides is 2. The molecule has 182 valence electrons. The fourth-order valence-electron chi connectivity index (χ4n) is 3.85. The van der Waals surface area contributed by atoms with Gasteiger partial charge in [-0.1, -0.05) is 53.7 Å². The van der Waals surface area contributed by atoms with E-state index in [2.05, 4.69) is 5.32 Å². The predicted molar refractivity (Wildman–Crippen MR) is 144 cm³/mol. The maximum absolute atomic E-state index is 13.7. The van der Waals surface area contributed by atoms with Crippen molar-refractivity contribution in [2.45, 2.75) is 25.5 Å². The first-order valence-corrected chi connectivity index (χ1v) is 12.5. The van der Waals surface area contributed by atoms with E-state index in [1.54, 1.807) is 31.4 Å². The Morgan fingerprint density at radius 3 is 2.58 bits per heavy atom. The van der Waals surface area contributed by atoms with Gasteiger partial charge in [0.15, 0.2) is 0 Å². The minimum Gasteiger partial charge on any atom is -0.497 e. The molecule has 0 bridgehead atoms. The smallest absolute Gasteiger partial charge is 0.269 e. The Morgan fingerprint density at radius 2 is 1.89 bits per heavy atom. The highest BCUT2D eigenvalue weighted by molar-refractivity contribution is 8.05. The van der Waals surface area contributed by atoms with Gasteiger partial charge in [0, 0.05) is 5.69 Å². The summed E-state index contributed by atoms with van der Waals surface area (Å²) in [5.41, 5.74) is 3.84. The Balaban J connectivity index is 1.76. The Hall–Kier alpha value is -3.73. The third-order valence-electron chi connectivity index (χ3n) is 5.93. The van der Waals surface area contributed by atoms with Gasteiger partial charge in [0.2, 0.25) is 5.91 Å². The van der Waals surface area contributed by atoms with Crippen molar-refractivity contribution >= 4 is 46.6 Å². The van der Waals surface area contributed by atoms with Gasteiger partial charge < -0.3 is 10.1 Å². The van der Waals surface area contributed by atoms with Crippen LogP contribution in [-0.4, -0.2) is 24.2 Å². The molecule has 3 aromatic rings. The van der Waals surface area contributed by atoms with E-state index in [4.69, 9.17) is 16.3 Å². The van der Waals surface area contributed by atoms with E-state index in [1.165, 1.54) is 16.7 Å². The number of nitrogens with one attached hydrogen (secondary N) is 1. The second kappa shape index (κ2) is 10.9. The number of benzene rings is 3. The van der Waals surface area contributed by atoms with E-state index in [1.807, 2.05) is 62.4 Å². The largest absolute Gasteiger partial charge is 0.497 e. The number of aryl methyl sites for hydroxylation is 2. The molecule has 4 rings (SSSR count). The number of thioether (sulfide) groups is 1. The van der Waals surface area contributed by atoms with Crippen LogP contribution in [0.2, 0.25) is 5.02 Å². The molecular formula is C28H24ClN3O3S. The zero-order chi connectivity index (χ0) is 25.8. The van der Waals surface area contributed by atoms with Gasteiger partial charge in [-0.05, 0) is 73.4 Å². The lowest BCUT2D eigenvalue weighted by atomic mass is 10.1. The van der Waals surface area contributed by atoms with Crippen molar-refractivity contribution in [3.63, 3.8) is 0 Å². The third kappa shape index (κ3) is 5.25. The minimum atomic E-state index is -0.628. The fourth-order valence-corrected chi connectivity index (χ4v) is 5.34. The number of nitriles is 1. The monoisotopic (exact) mass is 517 g/mol. The quantitative estimate of drug-likeness (QED) is 0.319. The van der Waals surface area contributed by atoms with Crippen LogP contribution in [0.15, 0.2) is 77.3 Å². The lowest BCUT2D eigenvalue weighted by Gasteiger charge is -2.20. The Labute approximate surface area is 219 Å². The van der Waals surface area contributed by atoms with Crippen molar-refractivity contribution in [1.82, 2.24) is 0 Å². The molecule has 8 heteroatoms. The van der Waals surface area contributed by atoms with Gasteiger partial charge in [-0.15, -0.1) is 0 Å². The van der Waals surface area contributed by atoms with E-state index < -0.39 is 11.2 Å². The maximum atomic E-state index is 13.7. The van der Waals surface area contributed by atoms with Gasteiger partial charge in [-0.3, -0.25) is 14.5 Å². The lowest BCUT2D eigenvalue weighted by molar-refractivity contribution is -0.117. The number of ether oxygens (including phenoxy) is 1. The summed E-state index contributed by atoms with van der Waals surface area (Å²) in [5.74, 6) is -0.127. The van der Waals surface area contributed by atoms with Crippen LogP contribution in [0.5, 0.6) is 5.75 Å². The number of methoxy groups -OCH3 is 1. The molecule has 0 aliphatic carbocycles. The summed E-state index contributed by atoms with van der Waals surface area (Å²) in [6, 6.07) is 22.0. The molecular weight excluding hydrogens is 494 g/mol. The first-order valence-electron chi connectivity index (χ1n) is 11.2. The highest BCUT2D eigenvalue weighted by Gasteiger charge is 2.41. The summed E-state index contributed by atoms with van der Waals surface area (Å²) in [4.78, 5) is 28.4. The number of carbonyl (C=O) groups is 2.